The van der Waals surface area contributed by atoms with E-state index < -0.39 is 24.5 Å². The number of benzene rings is 1. The molecule has 0 unspecified atom stereocenters. The van der Waals surface area contributed by atoms with Crippen molar-refractivity contribution in [2.24, 2.45) is 0 Å². The lowest BCUT2D eigenvalue weighted by Crippen LogP contribution is -2.49. The van der Waals surface area contributed by atoms with Gasteiger partial charge in [-0.3, -0.25) is 9.80 Å². The number of aromatic carboxylic acids is 1. The predicted molar refractivity (Wildman–Crippen MR) is 77.8 cm³/mol. The van der Waals surface area contributed by atoms with Gasteiger partial charge in [-0.15, -0.1) is 0 Å². The largest absolute Gasteiger partial charge is 0.489 e. The molecule has 1 N–H and O–H groups in total. The van der Waals surface area contributed by atoms with Gasteiger partial charge in [0.1, 0.15) is 6.61 Å². The van der Waals surface area contributed by atoms with E-state index in [9.17, 15) is 22.4 Å². The quantitative estimate of drug-likeness (QED) is 0.797. The number of hydrogen-bond donors (Lipinski definition) is 1. The molecule has 9 heteroatoms. The number of carboxylic acids is 1. The number of halogens is 4. The van der Waals surface area contributed by atoms with Crippen LogP contribution in [0.25, 0.3) is 0 Å². The number of carboxylic acid groups (broad SMARTS) is 1. The predicted octanol–water partition coefficient (Wildman–Crippen LogP) is 2.08. The van der Waals surface area contributed by atoms with Crippen LogP contribution in [0.2, 0.25) is 0 Å². The number of alkyl halides is 3. The van der Waals surface area contributed by atoms with Crippen LogP contribution < -0.4 is 4.74 Å². The molecule has 1 fully saturated rings. The van der Waals surface area contributed by atoms with Crippen molar-refractivity contribution >= 4 is 5.97 Å². The highest BCUT2D eigenvalue weighted by atomic mass is 19.4. The van der Waals surface area contributed by atoms with Gasteiger partial charge in [-0.05, 0) is 18.2 Å². The van der Waals surface area contributed by atoms with Gasteiger partial charge in [0.25, 0.3) is 0 Å². The third-order valence-electron chi connectivity index (χ3n) is 3.71. The third kappa shape index (κ3) is 5.64. The Bertz CT molecular complexity index is 572. The van der Waals surface area contributed by atoms with Crippen molar-refractivity contribution < 1.29 is 32.2 Å². The Labute approximate surface area is 136 Å². The number of piperazine rings is 1. The molecule has 1 aliphatic rings. The summed E-state index contributed by atoms with van der Waals surface area (Å²) in [5, 5.41) is 8.75. The summed E-state index contributed by atoms with van der Waals surface area (Å²) >= 11 is 0. The summed E-state index contributed by atoms with van der Waals surface area (Å²) in [6.07, 6.45) is -4.19. The van der Waals surface area contributed by atoms with Crippen LogP contribution in [0.4, 0.5) is 17.6 Å². The fourth-order valence-electron chi connectivity index (χ4n) is 2.46. The van der Waals surface area contributed by atoms with Gasteiger partial charge in [0.15, 0.2) is 11.6 Å². The van der Waals surface area contributed by atoms with Crippen LogP contribution in [0.1, 0.15) is 10.4 Å². The maximum absolute atomic E-state index is 13.7. The molecule has 1 aromatic rings. The Morgan fingerprint density at radius 1 is 1.17 bits per heavy atom. The molecular formula is C15H18F4N2O3. The van der Waals surface area contributed by atoms with Crippen molar-refractivity contribution in [1.29, 1.82) is 0 Å². The molecule has 0 aromatic heterocycles. The lowest BCUT2D eigenvalue weighted by atomic mass is 10.2. The van der Waals surface area contributed by atoms with Crippen molar-refractivity contribution in [1.82, 2.24) is 9.80 Å². The molecule has 1 saturated heterocycles. The summed E-state index contributed by atoms with van der Waals surface area (Å²) in [4.78, 5) is 14.0. The van der Waals surface area contributed by atoms with E-state index in [2.05, 4.69) is 0 Å². The molecule has 0 bridgehead atoms. The minimum atomic E-state index is -4.19. The van der Waals surface area contributed by atoms with E-state index >= 15 is 0 Å². The molecule has 2 rings (SSSR count). The van der Waals surface area contributed by atoms with Crippen LogP contribution >= 0.6 is 0 Å². The lowest BCUT2D eigenvalue weighted by Gasteiger charge is -2.34. The standard InChI is InChI=1S/C15H18F4N2O3/c16-12-9-11(14(22)23)1-2-13(12)24-8-7-20-3-5-21(6-4-20)10-15(17,18)19/h1-2,9H,3-8,10H2,(H,22,23). The van der Waals surface area contributed by atoms with Crippen LogP contribution in [-0.4, -0.2) is 72.9 Å². The molecule has 0 aliphatic carbocycles. The molecule has 0 spiro atoms. The van der Waals surface area contributed by atoms with Gasteiger partial charge in [0.05, 0.1) is 12.1 Å². The highest BCUT2D eigenvalue weighted by molar-refractivity contribution is 5.87. The Morgan fingerprint density at radius 2 is 1.79 bits per heavy atom. The Morgan fingerprint density at radius 3 is 2.33 bits per heavy atom. The molecule has 0 atom stereocenters. The Balaban J connectivity index is 1.73. The van der Waals surface area contributed by atoms with Crippen molar-refractivity contribution in [3.8, 4) is 5.75 Å². The fourth-order valence-corrected chi connectivity index (χ4v) is 2.46. The molecule has 0 saturated carbocycles. The molecule has 24 heavy (non-hydrogen) atoms. The first-order valence-electron chi connectivity index (χ1n) is 7.42. The van der Waals surface area contributed by atoms with Crippen molar-refractivity contribution in [2.75, 3.05) is 45.9 Å². The van der Waals surface area contributed by atoms with Crippen LogP contribution in [-0.2, 0) is 0 Å². The zero-order valence-corrected chi connectivity index (χ0v) is 12.9. The van der Waals surface area contributed by atoms with Gasteiger partial charge in [-0.25, -0.2) is 9.18 Å². The number of ether oxygens (including phenoxy) is 1. The minimum Gasteiger partial charge on any atom is -0.489 e. The SMILES string of the molecule is O=C(O)c1ccc(OCCN2CCN(CC(F)(F)F)CC2)c(F)c1. The monoisotopic (exact) mass is 350 g/mol. The number of hydrogen-bond acceptors (Lipinski definition) is 4. The van der Waals surface area contributed by atoms with Crippen LogP contribution in [0.3, 0.4) is 0 Å². The van der Waals surface area contributed by atoms with Gasteiger partial charge in [0, 0.05) is 32.7 Å². The zero-order valence-electron chi connectivity index (χ0n) is 12.9. The highest BCUT2D eigenvalue weighted by Crippen LogP contribution is 2.19. The Hall–Kier alpha value is -1.87. The summed E-state index contributed by atoms with van der Waals surface area (Å²) < 4.78 is 55.8. The van der Waals surface area contributed by atoms with Gasteiger partial charge in [-0.1, -0.05) is 0 Å². The van der Waals surface area contributed by atoms with Gasteiger partial charge >= 0.3 is 12.1 Å². The average Bonchev–Trinajstić information content (AvgIpc) is 2.49. The maximum Gasteiger partial charge on any atom is 0.401 e. The van der Waals surface area contributed by atoms with Gasteiger partial charge < -0.3 is 9.84 Å². The first-order valence-corrected chi connectivity index (χ1v) is 7.42. The molecule has 1 aromatic carbocycles. The minimum absolute atomic E-state index is 0.0456. The molecule has 1 aliphatic heterocycles. The number of rotatable bonds is 6. The smallest absolute Gasteiger partial charge is 0.401 e. The van der Waals surface area contributed by atoms with E-state index in [1.807, 2.05) is 4.90 Å². The van der Waals surface area contributed by atoms with E-state index in [1.54, 1.807) is 0 Å². The highest BCUT2D eigenvalue weighted by Gasteiger charge is 2.32. The van der Waals surface area contributed by atoms with Gasteiger partial charge in [0.2, 0.25) is 0 Å². The summed E-state index contributed by atoms with van der Waals surface area (Å²) in [7, 11) is 0. The zero-order chi connectivity index (χ0) is 17.7. The summed E-state index contributed by atoms with van der Waals surface area (Å²) in [5.74, 6) is -2.03. The topological polar surface area (TPSA) is 53.0 Å². The third-order valence-corrected chi connectivity index (χ3v) is 3.71. The number of carbonyl (C=O) groups is 1. The molecule has 0 amide bonds. The number of nitrogens with zero attached hydrogens (tertiary/aromatic N) is 2. The van der Waals surface area contributed by atoms with Crippen molar-refractivity contribution in [2.45, 2.75) is 6.18 Å². The first kappa shape index (κ1) is 18.5. The molecule has 134 valence electrons. The van der Waals surface area contributed by atoms with Crippen molar-refractivity contribution in [3.05, 3.63) is 29.6 Å². The molecule has 1 heterocycles. The Kier molecular flexibility index (Phi) is 6.00. The molecule has 0 radical (unpaired) electrons. The van der Waals surface area contributed by atoms with Crippen LogP contribution in [0.5, 0.6) is 5.75 Å². The van der Waals surface area contributed by atoms with E-state index in [0.29, 0.717) is 32.7 Å². The second-order valence-corrected chi connectivity index (χ2v) is 5.53. The van der Waals surface area contributed by atoms with E-state index in [0.717, 1.165) is 6.07 Å². The average molecular weight is 350 g/mol. The second kappa shape index (κ2) is 7.80. The van der Waals surface area contributed by atoms with E-state index in [4.69, 9.17) is 9.84 Å². The fraction of sp³-hybridized carbons (Fsp3) is 0.533. The van der Waals surface area contributed by atoms with E-state index in [-0.39, 0.29) is 17.9 Å². The second-order valence-electron chi connectivity index (χ2n) is 5.53. The summed E-state index contributed by atoms with van der Waals surface area (Å²) in [6, 6.07) is 3.38. The van der Waals surface area contributed by atoms with Crippen LogP contribution in [0.15, 0.2) is 18.2 Å². The van der Waals surface area contributed by atoms with Crippen LogP contribution in [0, 0.1) is 5.82 Å². The maximum atomic E-state index is 13.7. The normalized spacial score (nSPS) is 17.0. The summed E-state index contributed by atoms with van der Waals surface area (Å²) in [6.45, 7) is 1.34. The molecular weight excluding hydrogens is 332 g/mol. The summed E-state index contributed by atoms with van der Waals surface area (Å²) in [5.41, 5.74) is -0.166. The first-order chi connectivity index (χ1) is 11.2. The van der Waals surface area contributed by atoms with Gasteiger partial charge in [-0.2, -0.15) is 13.2 Å². The lowest BCUT2D eigenvalue weighted by molar-refractivity contribution is -0.149. The molecule has 5 nitrogen and oxygen atoms in total. The van der Waals surface area contributed by atoms with E-state index in [1.165, 1.54) is 17.0 Å². The van der Waals surface area contributed by atoms with Crippen molar-refractivity contribution in [3.63, 3.8) is 0 Å².